The zero-order chi connectivity index (χ0) is 33.9. The van der Waals surface area contributed by atoms with Crippen molar-refractivity contribution >= 4 is 87.4 Å². The van der Waals surface area contributed by atoms with E-state index in [1.807, 2.05) is 6.07 Å². The van der Waals surface area contributed by atoms with E-state index in [1.54, 1.807) is 0 Å². The maximum atomic E-state index is 6.67. The molecule has 0 saturated heterocycles. The molecule has 0 saturated carbocycles. The van der Waals surface area contributed by atoms with Crippen LogP contribution >= 0.6 is 0 Å². The number of aromatic nitrogens is 3. The minimum absolute atomic E-state index is 0.906. The van der Waals surface area contributed by atoms with E-state index in [1.165, 1.54) is 43.6 Å². The fraction of sp³-hybridized carbons (Fsp3) is 0. The lowest BCUT2D eigenvalue weighted by molar-refractivity contribution is 0.673. The predicted octanol–water partition coefficient (Wildman–Crippen LogP) is 12.9. The lowest BCUT2D eigenvalue weighted by Crippen LogP contribution is -1.98. The number of hydrogen-bond acceptors (Lipinski definition) is 1. The molecule has 0 atom stereocenters. The summed E-state index contributed by atoms with van der Waals surface area (Å²) in [5.41, 5.74) is 12.2. The molecule has 52 heavy (non-hydrogen) atoms. The van der Waals surface area contributed by atoms with Gasteiger partial charge in [-0.05, 0) is 84.9 Å². The van der Waals surface area contributed by atoms with Gasteiger partial charge in [-0.3, -0.25) is 0 Å². The minimum atomic E-state index is 0.906. The van der Waals surface area contributed by atoms with E-state index in [4.69, 9.17) is 4.42 Å². The van der Waals surface area contributed by atoms with Gasteiger partial charge < -0.3 is 18.1 Å². The Balaban J connectivity index is 1.14. The van der Waals surface area contributed by atoms with Crippen molar-refractivity contribution in [2.75, 3.05) is 0 Å². The zero-order valence-electron chi connectivity index (χ0n) is 28.0. The Hall–Kier alpha value is -7.04. The summed E-state index contributed by atoms with van der Waals surface area (Å²) in [6, 6.07) is 63.5. The van der Waals surface area contributed by atoms with Crippen LogP contribution in [0.1, 0.15) is 0 Å². The monoisotopic (exact) mass is 663 g/mol. The average Bonchev–Trinajstić information content (AvgIpc) is 3.94. The third kappa shape index (κ3) is 3.65. The first-order valence-corrected chi connectivity index (χ1v) is 17.8. The molecule has 0 bridgehead atoms. The molecule has 0 unspecified atom stereocenters. The summed E-state index contributed by atoms with van der Waals surface area (Å²) in [4.78, 5) is 0. The van der Waals surface area contributed by atoms with Gasteiger partial charge in [0.15, 0.2) is 0 Å². The van der Waals surface area contributed by atoms with Gasteiger partial charge in [0.25, 0.3) is 0 Å². The summed E-state index contributed by atoms with van der Waals surface area (Å²) in [7, 11) is 0. The molecule has 4 nitrogen and oxygen atoms in total. The molecule has 4 heterocycles. The van der Waals surface area contributed by atoms with Gasteiger partial charge in [0.05, 0.1) is 38.5 Å². The number of nitrogens with zero attached hydrogens (tertiary/aromatic N) is 3. The summed E-state index contributed by atoms with van der Waals surface area (Å²) in [6.07, 6.45) is 0. The van der Waals surface area contributed by atoms with Crippen LogP contribution in [0.25, 0.3) is 104 Å². The fourth-order valence-electron chi connectivity index (χ4n) is 8.84. The first kappa shape index (κ1) is 27.7. The van der Waals surface area contributed by atoms with Crippen LogP contribution in [0.5, 0.6) is 0 Å². The van der Waals surface area contributed by atoms with Crippen molar-refractivity contribution in [1.29, 1.82) is 0 Å². The average molecular weight is 664 g/mol. The molecular weight excluding hydrogens is 635 g/mol. The van der Waals surface area contributed by atoms with E-state index < -0.39 is 0 Å². The summed E-state index contributed by atoms with van der Waals surface area (Å²) < 4.78 is 13.8. The SMILES string of the molecule is c1ccc2c(c1)oc1c2ccc2c1c1ccc(-n3c4ccccc4c4ccccc43)cc1n2-c1ccc(-n2c3ccccc3c3ccccc32)cc1. The molecule has 0 spiro atoms. The van der Waals surface area contributed by atoms with Crippen LogP contribution in [0, 0.1) is 0 Å². The highest BCUT2D eigenvalue weighted by molar-refractivity contribution is 6.24. The smallest absolute Gasteiger partial charge is 0.145 e. The van der Waals surface area contributed by atoms with Crippen molar-refractivity contribution in [1.82, 2.24) is 13.7 Å². The molecule has 0 fully saturated rings. The van der Waals surface area contributed by atoms with E-state index in [0.717, 1.165) is 60.8 Å². The number of para-hydroxylation sites is 5. The molecule has 0 aliphatic rings. The van der Waals surface area contributed by atoms with Crippen LogP contribution in [0.3, 0.4) is 0 Å². The molecule has 4 aromatic heterocycles. The number of rotatable bonds is 3. The lowest BCUT2D eigenvalue weighted by Gasteiger charge is -2.13. The van der Waals surface area contributed by atoms with Crippen molar-refractivity contribution < 1.29 is 4.42 Å². The molecule has 0 aliphatic heterocycles. The Kier molecular flexibility index (Phi) is 5.47. The van der Waals surface area contributed by atoms with E-state index >= 15 is 0 Å². The Morgan fingerprint density at radius 1 is 0.288 bits per heavy atom. The molecule has 12 aromatic rings. The highest BCUT2D eigenvalue weighted by Gasteiger charge is 2.21. The van der Waals surface area contributed by atoms with Crippen LogP contribution in [0.4, 0.5) is 0 Å². The van der Waals surface area contributed by atoms with Crippen molar-refractivity contribution in [3.05, 3.63) is 176 Å². The number of fused-ring (bicyclic) bond motifs is 13. The van der Waals surface area contributed by atoms with Gasteiger partial charge in [-0.25, -0.2) is 0 Å². The molecular formula is C48H29N3O. The predicted molar refractivity (Wildman–Crippen MR) is 217 cm³/mol. The molecule has 12 rings (SSSR count). The Bertz CT molecular complexity index is 3300. The van der Waals surface area contributed by atoms with Crippen molar-refractivity contribution in [2.45, 2.75) is 0 Å². The normalized spacial score (nSPS) is 12.2. The summed E-state index contributed by atoms with van der Waals surface area (Å²) in [5, 5.41) is 9.59. The zero-order valence-corrected chi connectivity index (χ0v) is 28.0. The van der Waals surface area contributed by atoms with Crippen LogP contribution in [0.2, 0.25) is 0 Å². The Morgan fingerprint density at radius 2 is 0.712 bits per heavy atom. The fourth-order valence-corrected chi connectivity index (χ4v) is 8.84. The molecule has 0 radical (unpaired) electrons. The molecule has 0 aliphatic carbocycles. The van der Waals surface area contributed by atoms with E-state index in [9.17, 15) is 0 Å². The first-order valence-electron chi connectivity index (χ1n) is 17.8. The summed E-state index contributed by atoms with van der Waals surface area (Å²) >= 11 is 0. The molecule has 4 heteroatoms. The molecule has 0 amide bonds. The Morgan fingerprint density at radius 3 is 1.27 bits per heavy atom. The van der Waals surface area contributed by atoms with Crippen LogP contribution in [-0.2, 0) is 0 Å². The second-order valence-corrected chi connectivity index (χ2v) is 13.7. The maximum absolute atomic E-state index is 6.67. The van der Waals surface area contributed by atoms with Crippen LogP contribution in [0.15, 0.2) is 180 Å². The van der Waals surface area contributed by atoms with Crippen LogP contribution in [-0.4, -0.2) is 13.7 Å². The van der Waals surface area contributed by atoms with Crippen molar-refractivity contribution in [2.24, 2.45) is 0 Å². The van der Waals surface area contributed by atoms with Crippen LogP contribution < -0.4 is 0 Å². The minimum Gasteiger partial charge on any atom is -0.455 e. The second-order valence-electron chi connectivity index (χ2n) is 13.7. The van der Waals surface area contributed by atoms with E-state index in [0.29, 0.717) is 0 Å². The van der Waals surface area contributed by atoms with E-state index in [2.05, 4.69) is 184 Å². The topological polar surface area (TPSA) is 27.9 Å². The molecule has 8 aromatic carbocycles. The number of furan rings is 1. The third-order valence-corrected chi connectivity index (χ3v) is 11.0. The van der Waals surface area contributed by atoms with Gasteiger partial charge in [-0.2, -0.15) is 0 Å². The molecule has 0 N–H and O–H groups in total. The third-order valence-electron chi connectivity index (χ3n) is 11.0. The second kappa shape index (κ2) is 10.3. The quantitative estimate of drug-likeness (QED) is 0.185. The van der Waals surface area contributed by atoms with Crippen molar-refractivity contribution in [3.8, 4) is 17.1 Å². The maximum Gasteiger partial charge on any atom is 0.145 e. The van der Waals surface area contributed by atoms with Gasteiger partial charge in [0.2, 0.25) is 0 Å². The molecule has 242 valence electrons. The highest BCUT2D eigenvalue weighted by atomic mass is 16.3. The highest BCUT2D eigenvalue weighted by Crippen LogP contribution is 2.42. The van der Waals surface area contributed by atoms with Gasteiger partial charge in [0.1, 0.15) is 11.2 Å². The van der Waals surface area contributed by atoms with E-state index in [-0.39, 0.29) is 0 Å². The standard InChI is InChI=1S/C48H29N3O/c1-6-16-40-33(11-1)34-12-2-7-17-41(34)49(40)30-21-23-31(24-22-30)50-44-28-27-38-37-15-5-10-20-46(37)52-48(38)47(44)39-26-25-32(29-45(39)50)51-42-18-8-3-13-35(42)36-14-4-9-19-43(36)51/h1-29H. The van der Waals surface area contributed by atoms with Gasteiger partial charge in [-0.15, -0.1) is 0 Å². The van der Waals surface area contributed by atoms with Gasteiger partial charge in [-0.1, -0.05) is 91.0 Å². The number of benzene rings is 8. The summed E-state index contributed by atoms with van der Waals surface area (Å²) in [6.45, 7) is 0. The first-order chi connectivity index (χ1) is 25.8. The Labute approximate surface area is 297 Å². The van der Waals surface area contributed by atoms with Gasteiger partial charge >= 0.3 is 0 Å². The summed E-state index contributed by atoms with van der Waals surface area (Å²) in [5.74, 6) is 0. The van der Waals surface area contributed by atoms with Crippen molar-refractivity contribution in [3.63, 3.8) is 0 Å². The largest absolute Gasteiger partial charge is 0.455 e. The number of hydrogen-bond donors (Lipinski definition) is 0. The lowest BCUT2D eigenvalue weighted by atomic mass is 10.1. The van der Waals surface area contributed by atoms with Gasteiger partial charge in [0, 0.05) is 54.8 Å².